The number of aliphatic hydroxyl groups excluding tert-OH is 1. The number of piperidine rings is 1. The number of amides is 1. The van der Waals surface area contributed by atoms with Crippen LogP contribution in [0.25, 0.3) is 11.1 Å². The number of nitrogens with one attached hydrogen (secondary N) is 1. The van der Waals surface area contributed by atoms with Gasteiger partial charge in [-0.2, -0.15) is 0 Å². The number of carbonyl (C=O) groups is 1. The Morgan fingerprint density at radius 2 is 2.00 bits per heavy atom. The molecule has 3 aliphatic heterocycles. The van der Waals surface area contributed by atoms with Gasteiger partial charge in [0.2, 0.25) is 0 Å². The molecule has 0 saturated carbocycles. The predicted octanol–water partition coefficient (Wildman–Crippen LogP) is 4.98. The van der Waals surface area contributed by atoms with Gasteiger partial charge in [-0.25, -0.2) is 4.39 Å². The maximum atomic E-state index is 13.9. The quantitative estimate of drug-likeness (QED) is 0.616. The van der Waals surface area contributed by atoms with Gasteiger partial charge < -0.3 is 15.2 Å². The number of nitrogens with zero attached hydrogens (tertiary/aromatic N) is 1. The number of likely N-dealkylation sites (tertiary alicyclic amines) is 1. The predicted molar refractivity (Wildman–Crippen MR) is 131 cm³/mol. The van der Waals surface area contributed by atoms with E-state index in [2.05, 4.69) is 34.5 Å². The highest BCUT2D eigenvalue weighted by Crippen LogP contribution is 2.44. The van der Waals surface area contributed by atoms with Crippen LogP contribution >= 0.6 is 0 Å². The molecule has 3 aliphatic rings. The molecular weight excluding hydrogens is 431 g/mol. The van der Waals surface area contributed by atoms with E-state index in [0.717, 1.165) is 37.2 Å². The minimum absolute atomic E-state index is 0.264. The van der Waals surface area contributed by atoms with Crippen molar-refractivity contribution in [2.75, 3.05) is 25.0 Å². The van der Waals surface area contributed by atoms with E-state index in [1.54, 1.807) is 6.07 Å². The van der Waals surface area contributed by atoms with Gasteiger partial charge in [-0.3, -0.25) is 9.69 Å². The summed E-state index contributed by atoms with van der Waals surface area (Å²) < 4.78 is 20.1. The van der Waals surface area contributed by atoms with Crippen LogP contribution in [-0.2, 0) is 16.1 Å². The number of carbonyl (C=O) groups excluding carboxylic acids is 1. The lowest BCUT2D eigenvalue weighted by Gasteiger charge is -2.32. The van der Waals surface area contributed by atoms with E-state index in [9.17, 15) is 14.3 Å². The zero-order valence-corrected chi connectivity index (χ0v) is 19.7. The lowest BCUT2D eigenvalue weighted by atomic mass is 9.91. The summed E-state index contributed by atoms with van der Waals surface area (Å²) in [5.74, 6) is 0.383. The van der Waals surface area contributed by atoms with Gasteiger partial charge in [0, 0.05) is 36.5 Å². The van der Waals surface area contributed by atoms with Gasteiger partial charge in [-0.15, -0.1) is 0 Å². The van der Waals surface area contributed by atoms with Gasteiger partial charge in [0.15, 0.2) is 0 Å². The Labute approximate surface area is 199 Å². The average molecular weight is 463 g/mol. The van der Waals surface area contributed by atoms with Gasteiger partial charge in [0.25, 0.3) is 5.91 Å². The van der Waals surface area contributed by atoms with E-state index in [4.69, 9.17) is 4.74 Å². The molecule has 0 aromatic heterocycles. The molecule has 1 saturated heterocycles. The molecule has 5 rings (SSSR count). The Kier molecular flexibility index (Phi) is 6.04. The van der Waals surface area contributed by atoms with Crippen LogP contribution in [-0.4, -0.2) is 41.2 Å². The van der Waals surface area contributed by atoms with Gasteiger partial charge in [0.05, 0.1) is 5.57 Å². The van der Waals surface area contributed by atoms with E-state index in [1.165, 1.54) is 30.5 Å². The second-order valence-electron chi connectivity index (χ2n) is 10.0. The van der Waals surface area contributed by atoms with E-state index >= 15 is 0 Å². The van der Waals surface area contributed by atoms with Crippen LogP contribution in [0.2, 0.25) is 0 Å². The Morgan fingerprint density at radius 3 is 2.76 bits per heavy atom. The van der Waals surface area contributed by atoms with Crippen molar-refractivity contribution in [2.24, 2.45) is 5.92 Å². The Hall–Kier alpha value is -2.96. The third-order valence-electron chi connectivity index (χ3n) is 7.07. The van der Waals surface area contributed by atoms with Crippen LogP contribution in [0.3, 0.4) is 0 Å². The van der Waals surface area contributed by atoms with Gasteiger partial charge >= 0.3 is 0 Å². The number of fused-ring (bicyclic) bond motifs is 1. The second kappa shape index (κ2) is 9.01. The molecule has 2 aromatic carbocycles. The van der Waals surface area contributed by atoms with Crippen LogP contribution in [0, 0.1) is 11.7 Å². The fourth-order valence-electron chi connectivity index (χ4n) is 5.36. The number of halogens is 1. The van der Waals surface area contributed by atoms with E-state index in [-0.39, 0.29) is 18.3 Å². The molecule has 0 aliphatic carbocycles. The number of ether oxygens (including phenoxy) is 1. The third kappa shape index (κ3) is 4.40. The summed E-state index contributed by atoms with van der Waals surface area (Å²) in [7, 11) is 0. The van der Waals surface area contributed by atoms with Gasteiger partial charge in [0.1, 0.15) is 17.2 Å². The van der Waals surface area contributed by atoms with Crippen LogP contribution in [0.1, 0.15) is 49.8 Å². The SMILES string of the molecule is CC1(C)O/C(=C2/C(=O)Nc3ccc(F)cc32)C=C1c1ccc(CN2CCCC(CCO)C2)cc1. The maximum Gasteiger partial charge on any atom is 0.260 e. The van der Waals surface area contributed by atoms with Crippen LogP contribution in [0.5, 0.6) is 0 Å². The van der Waals surface area contributed by atoms with Crippen molar-refractivity contribution >= 4 is 22.7 Å². The zero-order valence-electron chi connectivity index (χ0n) is 19.7. The van der Waals surface area contributed by atoms with E-state index in [0.29, 0.717) is 28.5 Å². The van der Waals surface area contributed by atoms with Crippen molar-refractivity contribution in [1.29, 1.82) is 0 Å². The lowest BCUT2D eigenvalue weighted by Crippen LogP contribution is -2.35. The molecule has 0 radical (unpaired) electrons. The fourth-order valence-corrected chi connectivity index (χ4v) is 5.36. The maximum absolute atomic E-state index is 13.9. The van der Waals surface area contributed by atoms with Crippen molar-refractivity contribution in [3.05, 3.63) is 76.8 Å². The monoisotopic (exact) mass is 462 g/mol. The molecule has 34 heavy (non-hydrogen) atoms. The van der Waals surface area contributed by atoms with Crippen LogP contribution in [0.15, 0.2) is 54.3 Å². The summed E-state index contributed by atoms with van der Waals surface area (Å²) in [4.78, 5) is 15.1. The molecule has 1 atom stereocenters. The molecule has 0 bridgehead atoms. The lowest BCUT2D eigenvalue weighted by molar-refractivity contribution is -0.111. The second-order valence-corrected chi connectivity index (χ2v) is 10.0. The third-order valence-corrected chi connectivity index (χ3v) is 7.07. The van der Waals surface area contributed by atoms with Gasteiger partial charge in [-0.05, 0) is 81.0 Å². The molecule has 6 heteroatoms. The Bertz CT molecular complexity index is 1160. The molecular formula is C28H31FN2O3. The number of anilines is 1. The average Bonchev–Trinajstić information content (AvgIpc) is 3.29. The molecule has 178 valence electrons. The molecule has 3 heterocycles. The number of allylic oxidation sites excluding steroid dienone is 1. The van der Waals surface area contributed by atoms with E-state index < -0.39 is 5.60 Å². The highest BCUT2D eigenvalue weighted by Gasteiger charge is 2.38. The first kappa shape index (κ1) is 22.8. The molecule has 1 amide bonds. The summed E-state index contributed by atoms with van der Waals surface area (Å²) in [6.07, 6.45) is 5.17. The van der Waals surface area contributed by atoms with Crippen molar-refractivity contribution in [3.63, 3.8) is 0 Å². The van der Waals surface area contributed by atoms with Gasteiger partial charge in [-0.1, -0.05) is 24.3 Å². The standard InChI is InChI=1S/C28H31FN2O3/c1-28(2)23(15-25(34-28)26-22-14-21(29)9-10-24(22)30-27(26)33)20-7-5-19(6-8-20)17-31-12-3-4-18(16-31)11-13-32/h5-10,14-15,18,32H,3-4,11-13,16-17H2,1-2H3,(H,30,33)/b26-25+. The minimum atomic E-state index is -0.620. The van der Waals surface area contributed by atoms with Crippen molar-refractivity contribution in [2.45, 2.75) is 45.3 Å². The highest BCUT2D eigenvalue weighted by atomic mass is 19.1. The summed E-state index contributed by atoms with van der Waals surface area (Å²) in [6, 6.07) is 12.8. The molecule has 5 nitrogen and oxygen atoms in total. The number of aliphatic hydroxyl groups is 1. The molecule has 1 fully saturated rings. The summed E-state index contributed by atoms with van der Waals surface area (Å²) in [5.41, 5.74) is 4.16. The number of hydrogen-bond acceptors (Lipinski definition) is 4. The van der Waals surface area contributed by atoms with Crippen LogP contribution in [0.4, 0.5) is 10.1 Å². The smallest absolute Gasteiger partial charge is 0.260 e. The first-order valence-corrected chi connectivity index (χ1v) is 12.0. The Morgan fingerprint density at radius 1 is 1.21 bits per heavy atom. The number of benzene rings is 2. The topological polar surface area (TPSA) is 61.8 Å². The van der Waals surface area contributed by atoms with Crippen molar-refractivity contribution in [3.8, 4) is 0 Å². The minimum Gasteiger partial charge on any atom is -0.482 e. The Balaban J connectivity index is 1.39. The van der Waals surface area contributed by atoms with E-state index in [1.807, 2.05) is 19.9 Å². The number of rotatable bonds is 5. The molecule has 2 N–H and O–H groups in total. The molecule has 0 spiro atoms. The normalized spacial score (nSPS) is 23.9. The summed E-state index contributed by atoms with van der Waals surface area (Å²) in [6.45, 7) is 7.26. The largest absolute Gasteiger partial charge is 0.482 e. The zero-order chi connectivity index (χ0) is 23.9. The summed E-state index contributed by atoms with van der Waals surface area (Å²) >= 11 is 0. The van der Waals surface area contributed by atoms with Crippen LogP contribution < -0.4 is 5.32 Å². The first-order valence-electron chi connectivity index (χ1n) is 12.0. The van der Waals surface area contributed by atoms with Crippen molar-refractivity contribution < 1.29 is 19.0 Å². The number of hydrogen-bond donors (Lipinski definition) is 2. The molecule has 1 unspecified atom stereocenters. The highest BCUT2D eigenvalue weighted by molar-refractivity contribution is 6.32. The summed E-state index contributed by atoms with van der Waals surface area (Å²) in [5, 5.41) is 12.1. The first-order chi connectivity index (χ1) is 16.3. The fraction of sp³-hybridized carbons (Fsp3) is 0.393. The van der Waals surface area contributed by atoms with Crippen molar-refractivity contribution in [1.82, 2.24) is 4.90 Å². The molecule has 2 aromatic rings.